The highest BCUT2D eigenvalue weighted by Crippen LogP contribution is 2.38. The lowest BCUT2D eigenvalue weighted by Crippen LogP contribution is -2.48. The summed E-state index contributed by atoms with van der Waals surface area (Å²) >= 11 is 6.12. The Morgan fingerprint density at radius 1 is 1.00 bits per heavy atom. The number of methoxy groups -OCH3 is 3. The number of rotatable bonds is 6. The number of nitrogens with zero attached hydrogens (tertiary/aromatic N) is 2. The van der Waals surface area contributed by atoms with Crippen molar-refractivity contribution in [2.24, 2.45) is 0 Å². The van der Waals surface area contributed by atoms with E-state index in [9.17, 15) is 9.18 Å². The Morgan fingerprint density at radius 2 is 1.62 bits per heavy atom. The van der Waals surface area contributed by atoms with Gasteiger partial charge in [0.2, 0.25) is 5.75 Å². The molecule has 0 aliphatic carbocycles. The second kappa shape index (κ2) is 9.33. The lowest BCUT2D eigenvalue weighted by molar-refractivity contribution is 0.0627. The van der Waals surface area contributed by atoms with Crippen molar-refractivity contribution in [2.45, 2.75) is 6.54 Å². The number of benzene rings is 2. The van der Waals surface area contributed by atoms with E-state index in [1.807, 2.05) is 0 Å². The quantitative estimate of drug-likeness (QED) is 0.713. The molecule has 1 amide bonds. The first kappa shape index (κ1) is 21.2. The molecule has 3 rings (SSSR count). The van der Waals surface area contributed by atoms with Gasteiger partial charge in [-0.2, -0.15) is 0 Å². The fourth-order valence-electron chi connectivity index (χ4n) is 3.39. The van der Waals surface area contributed by atoms with Crippen LogP contribution in [0.4, 0.5) is 4.39 Å². The maximum absolute atomic E-state index is 13.2. The highest BCUT2D eigenvalue weighted by Gasteiger charge is 2.25. The summed E-state index contributed by atoms with van der Waals surface area (Å²) in [5.41, 5.74) is 1.35. The number of hydrogen-bond acceptors (Lipinski definition) is 5. The third-order valence-corrected chi connectivity index (χ3v) is 5.33. The molecular weight excluding hydrogens is 399 g/mol. The van der Waals surface area contributed by atoms with Crippen LogP contribution in [0.5, 0.6) is 17.2 Å². The van der Waals surface area contributed by atoms with Crippen molar-refractivity contribution < 1.29 is 23.4 Å². The summed E-state index contributed by atoms with van der Waals surface area (Å²) in [6.07, 6.45) is 0. The minimum Gasteiger partial charge on any atom is -0.493 e. The number of amides is 1. The zero-order valence-electron chi connectivity index (χ0n) is 16.7. The van der Waals surface area contributed by atoms with Crippen LogP contribution >= 0.6 is 11.6 Å². The first-order chi connectivity index (χ1) is 14.0. The number of halogens is 2. The van der Waals surface area contributed by atoms with Crippen molar-refractivity contribution in [3.8, 4) is 17.2 Å². The zero-order chi connectivity index (χ0) is 21.0. The summed E-state index contributed by atoms with van der Waals surface area (Å²) in [5.74, 6) is 0.898. The van der Waals surface area contributed by atoms with Crippen molar-refractivity contribution in [2.75, 3.05) is 47.5 Å². The molecule has 6 nitrogen and oxygen atoms in total. The molecule has 1 aliphatic heterocycles. The molecule has 1 heterocycles. The van der Waals surface area contributed by atoms with Crippen LogP contribution in [0.25, 0.3) is 0 Å². The van der Waals surface area contributed by atoms with E-state index in [0.29, 0.717) is 60.6 Å². The molecule has 2 aromatic rings. The molecule has 0 spiro atoms. The Balaban J connectivity index is 1.67. The lowest BCUT2D eigenvalue weighted by atomic mass is 10.1. The van der Waals surface area contributed by atoms with Crippen LogP contribution in [0.2, 0.25) is 5.02 Å². The predicted molar refractivity (Wildman–Crippen MR) is 109 cm³/mol. The number of hydrogen-bond donors (Lipinski definition) is 0. The topological polar surface area (TPSA) is 51.2 Å². The molecule has 0 saturated carbocycles. The average Bonchev–Trinajstić information content (AvgIpc) is 2.74. The highest BCUT2D eigenvalue weighted by molar-refractivity contribution is 6.31. The van der Waals surface area contributed by atoms with Crippen molar-refractivity contribution in [1.82, 2.24) is 9.80 Å². The van der Waals surface area contributed by atoms with Gasteiger partial charge in [-0.3, -0.25) is 9.69 Å². The van der Waals surface area contributed by atoms with Crippen molar-refractivity contribution >= 4 is 17.5 Å². The van der Waals surface area contributed by atoms with Gasteiger partial charge >= 0.3 is 0 Å². The second-order valence-electron chi connectivity index (χ2n) is 6.72. The highest BCUT2D eigenvalue weighted by atomic mass is 35.5. The summed E-state index contributed by atoms with van der Waals surface area (Å²) < 4.78 is 29.2. The molecule has 1 aliphatic rings. The fraction of sp³-hybridized carbons (Fsp3) is 0.381. The van der Waals surface area contributed by atoms with Crippen LogP contribution in [0.1, 0.15) is 15.9 Å². The number of carbonyl (C=O) groups is 1. The number of ether oxygens (including phenoxy) is 3. The van der Waals surface area contributed by atoms with Gasteiger partial charge in [-0.1, -0.05) is 17.7 Å². The molecule has 1 fully saturated rings. The molecule has 0 bridgehead atoms. The molecule has 8 heteroatoms. The molecule has 0 unspecified atom stereocenters. The van der Waals surface area contributed by atoms with E-state index in [0.717, 1.165) is 5.56 Å². The van der Waals surface area contributed by atoms with Crippen LogP contribution in [0.15, 0.2) is 30.3 Å². The molecule has 29 heavy (non-hydrogen) atoms. The van der Waals surface area contributed by atoms with Gasteiger partial charge in [-0.15, -0.1) is 0 Å². The summed E-state index contributed by atoms with van der Waals surface area (Å²) in [6.45, 7) is 3.17. The van der Waals surface area contributed by atoms with Gasteiger partial charge in [0, 0.05) is 43.3 Å². The normalized spacial score (nSPS) is 14.6. The van der Waals surface area contributed by atoms with Crippen molar-refractivity contribution in [1.29, 1.82) is 0 Å². The SMILES string of the molecule is COc1cc(C(=O)N2CCN(Cc3ccc(F)cc3Cl)CC2)cc(OC)c1OC. The van der Waals surface area contributed by atoms with Crippen molar-refractivity contribution in [3.05, 3.63) is 52.3 Å². The average molecular weight is 423 g/mol. The second-order valence-corrected chi connectivity index (χ2v) is 7.13. The molecule has 0 aromatic heterocycles. The van der Waals surface area contributed by atoms with Gasteiger partial charge in [0.15, 0.2) is 11.5 Å². The van der Waals surface area contributed by atoms with E-state index >= 15 is 0 Å². The van der Waals surface area contributed by atoms with Crippen LogP contribution in [-0.2, 0) is 6.54 Å². The van der Waals surface area contributed by atoms with E-state index in [1.165, 1.54) is 33.5 Å². The number of carbonyl (C=O) groups excluding carboxylic acids is 1. The summed E-state index contributed by atoms with van der Waals surface area (Å²) in [5, 5.41) is 0.418. The molecule has 0 N–H and O–H groups in total. The largest absolute Gasteiger partial charge is 0.493 e. The van der Waals surface area contributed by atoms with Gasteiger partial charge in [-0.25, -0.2) is 4.39 Å². The van der Waals surface area contributed by atoms with Crippen LogP contribution in [0, 0.1) is 5.82 Å². The molecular formula is C21H24ClFN2O4. The maximum Gasteiger partial charge on any atom is 0.254 e. The van der Waals surface area contributed by atoms with Crippen LogP contribution < -0.4 is 14.2 Å². The predicted octanol–water partition coefficient (Wildman–Crippen LogP) is 3.46. The molecule has 1 saturated heterocycles. The molecule has 0 atom stereocenters. The van der Waals surface area contributed by atoms with Gasteiger partial charge in [0.05, 0.1) is 21.3 Å². The third kappa shape index (κ3) is 4.74. The van der Waals surface area contributed by atoms with Gasteiger partial charge in [-0.05, 0) is 29.8 Å². The van der Waals surface area contributed by atoms with Crippen molar-refractivity contribution in [3.63, 3.8) is 0 Å². The smallest absolute Gasteiger partial charge is 0.254 e. The number of piperazine rings is 1. The lowest BCUT2D eigenvalue weighted by Gasteiger charge is -2.35. The van der Waals surface area contributed by atoms with Crippen LogP contribution in [-0.4, -0.2) is 63.2 Å². The Bertz CT molecular complexity index is 860. The Kier molecular flexibility index (Phi) is 6.82. The monoisotopic (exact) mass is 422 g/mol. The van der Waals surface area contributed by atoms with E-state index in [4.69, 9.17) is 25.8 Å². The molecule has 2 aromatic carbocycles. The minimum atomic E-state index is -0.348. The Morgan fingerprint density at radius 3 is 2.14 bits per heavy atom. The summed E-state index contributed by atoms with van der Waals surface area (Å²) in [6, 6.07) is 7.75. The molecule has 156 valence electrons. The summed E-state index contributed by atoms with van der Waals surface area (Å²) in [7, 11) is 4.56. The van der Waals surface area contributed by atoms with E-state index in [2.05, 4.69) is 4.90 Å². The Hall–Kier alpha value is -2.51. The van der Waals surface area contributed by atoms with E-state index in [1.54, 1.807) is 23.1 Å². The zero-order valence-corrected chi connectivity index (χ0v) is 17.5. The standard InChI is InChI=1S/C21H24ClFN2O4/c1-27-18-10-15(11-19(28-2)20(18)29-3)21(26)25-8-6-24(7-9-25)13-14-4-5-16(23)12-17(14)22/h4-5,10-12H,6-9,13H2,1-3H3. The minimum absolute atomic E-state index is 0.0938. The van der Waals surface area contributed by atoms with Gasteiger partial charge < -0.3 is 19.1 Å². The summed E-state index contributed by atoms with van der Waals surface area (Å²) in [4.78, 5) is 17.0. The van der Waals surface area contributed by atoms with E-state index < -0.39 is 0 Å². The first-order valence-electron chi connectivity index (χ1n) is 9.22. The molecule has 0 radical (unpaired) electrons. The first-order valence-corrected chi connectivity index (χ1v) is 9.60. The Labute approximate surface area is 174 Å². The van der Waals surface area contributed by atoms with Gasteiger partial charge in [0.25, 0.3) is 5.91 Å². The van der Waals surface area contributed by atoms with Gasteiger partial charge in [0.1, 0.15) is 5.82 Å². The fourth-order valence-corrected chi connectivity index (χ4v) is 3.61. The van der Waals surface area contributed by atoms with E-state index in [-0.39, 0.29) is 11.7 Å². The maximum atomic E-state index is 13.2. The third-order valence-electron chi connectivity index (χ3n) is 4.98. The van der Waals surface area contributed by atoms with Crippen LogP contribution in [0.3, 0.4) is 0 Å².